The molecule has 3 rings (SSSR count). The molecule has 0 spiro atoms. The van der Waals surface area contributed by atoms with Crippen molar-refractivity contribution in [3.05, 3.63) is 22.7 Å². The summed E-state index contributed by atoms with van der Waals surface area (Å²) in [4.78, 5) is 19.0. The van der Waals surface area contributed by atoms with Gasteiger partial charge in [-0.2, -0.15) is 0 Å². The lowest BCUT2D eigenvalue weighted by Gasteiger charge is -2.29. The zero-order chi connectivity index (χ0) is 13.9. The molecule has 1 aliphatic heterocycles. The van der Waals surface area contributed by atoms with Crippen molar-refractivity contribution < 1.29 is 0 Å². The molecule has 20 heavy (non-hydrogen) atoms. The molecule has 5 nitrogen and oxygen atoms in total. The molecule has 1 atom stereocenters. The van der Waals surface area contributed by atoms with Crippen LogP contribution in [0.4, 0.5) is 5.82 Å². The third-order valence-electron chi connectivity index (χ3n) is 4.35. The van der Waals surface area contributed by atoms with Crippen molar-refractivity contribution in [2.45, 2.75) is 38.6 Å². The van der Waals surface area contributed by atoms with Gasteiger partial charge in [0, 0.05) is 31.5 Å². The number of hydrogen-bond donors (Lipinski definition) is 1. The van der Waals surface area contributed by atoms with Gasteiger partial charge in [0.05, 0.1) is 0 Å². The Balaban J connectivity index is 1.78. The molecular weight excluding hydrogens is 252 g/mol. The fourth-order valence-electron chi connectivity index (χ4n) is 3.03. The van der Waals surface area contributed by atoms with Crippen LogP contribution in [-0.4, -0.2) is 35.7 Å². The van der Waals surface area contributed by atoms with E-state index in [1.54, 1.807) is 6.20 Å². The van der Waals surface area contributed by atoms with Crippen LogP contribution in [0.5, 0.6) is 0 Å². The second kappa shape index (κ2) is 5.95. The van der Waals surface area contributed by atoms with E-state index >= 15 is 0 Å². The fraction of sp³-hybridized carbons (Fsp3) is 0.733. The van der Waals surface area contributed by atoms with Crippen LogP contribution in [0.15, 0.2) is 17.2 Å². The van der Waals surface area contributed by atoms with Crippen LogP contribution < -0.4 is 15.8 Å². The van der Waals surface area contributed by atoms with E-state index in [0.717, 1.165) is 39.0 Å². The number of piperidine rings is 1. The van der Waals surface area contributed by atoms with Crippen molar-refractivity contribution in [2.75, 3.05) is 31.1 Å². The third kappa shape index (κ3) is 2.87. The van der Waals surface area contributed by atoms with Gasteiger partial charge in [-0.25, -0.2) is 4.98 Å². The van der Waals surface area contributed by atoms with Crippen molar-refractivity contribution in [2.24, 2.45) is 5.92 Å². The highest BCUT2D eigenvalue weighted by Crippen LogP contribution is 2.33. The van der Waals surface area contributed by atoms with Gasteiger partial charge < -0.3 is 14.8 Å². The molecule has 2 aliphatic rings. The molecule has 1 aromatic heterocycles. The van der Waals surface area contributed by atoms with Crippen molar-refractivity contribution in [3.63, 3.8) is 0 Å². The predicted molar refractivity (Wildman–Crippen MR) is 80.2 cm³/mol. The molecule has 1 unspecified atom stereocenters. The third-order valence-corrected chi connectivity index (χ3v) is 4.35. The van der Waals surface area contributed by atoms with E-state index in [-0.39, 0.29) is 5.56 Å². The summed E-state index contributed by atoms with van der Waals surface area (Å²) < 4.78 is 1.87. The first-order valence-corrected chi connectivity index (χ1v) is 7.82. The standard InChI is InChI=1S/C15H24N4O/c1-2-18(11-12-4-3-7-16-10-12)14-15(20)19(9-8-17-14)13-5-6-13/h8-9,12-13,16H,2-7,10-11H2,1H3. The lowest BCUT2D eigenvalue weighted by molar-refractivity contribution is 0.377. The number of aromatic nitrogens is 2. The maximum atomic E-state index is 12.5. The summed E-state index contributed by atoms with van der Waals surface area (Å²) in [5.74, 6) is 1.26. The molecular formula is C15H24N4O. The van der Waals surface area contributed by atoms with Crippen LogP contribution >= 0.6 is 0 Å². The molecule has 1 aromatic rings. The zero-order valence-corrected chi connectivity index (χ0v) is 12.2. The summed E-state index contributed by atoms with van der Waals surface area (Å²) in [5.41, 5.74) is 0.0839. The highest BCUT2D eigenvalue weighted by Gasteiger charge is 2.26. The van der Waals surface area contributed by atoms with Gasteiger partial charge in [-0.1, -0.05) is 0 Å². The minimum Gasteiger partial charge on any atom is -0.352 e. The van der Waals surface area contributed by atoms with E-state index in [9.17, 15) is 4.79 Å². The number of nitrogens with zero attached hydrogens (tertiary/aromatic N) is 3. The maximum Gasteiger partial charge on any atom is 0.293 e. The maximum absolute atomic E-state index is 12.5. The second-order valence-corrected chi connectivity index (χ2v) is 5.95. The van der Waals surface area contributed by atoms with E-state index in [0.29, 0.717) is 17.8 Å². The van der Waals surface area contributed by atoms with Gasteiger partial charge in [-0.3, -0.25) is 4.79 Å². The summed E-state index contributed by atoms with van der Waals surface area (Å²) >= 11 is 0. The quantitative estimate of drug-likeness (QED) is 0.883. The van der Waals surface area contributed by atoms with Crippen LogP contribution in [0.3, 0.4) is 0 Å². The lowest BCUT2D eigenvalue weighted by atomic mass is 9.99. The van der Waals surface area contributed by atoms with Gasteiger partial charge in [0.2, 0.25) is 0 Å². The zero-order valence-electron chi connectivity index (χ0n) is 12.2. The highest BCUT2D eigenvalue weighted by molar-refractivity contribution is 5.35. The van der Waals surface area contributed by atoms with Gasteiger partial charge in [0.15, 0.2) is 5.82 Å². The molecule has 1 saturated carbocycles. The van der Waals surface area contributed by atoms with Crippen molar-refractivity contribution in [1.82, 2.24) is 14.9 Å². The van der Waals surface area contributed by atoms with Crippen LogP contribution in [0.2, 0.25) is 0 Å². The average molecular weight is 276 g/mol. The minimum absolute atomic E-state index is 0.0839. The Labute approximate surface area is 120 Å². The Kier molecular flexibility index (Phi) is 4.05. The summed E-state index contributed by atoms with van der Waals surface area (Å²) in [6.45, 7) is 6.06. The van der Waals surface area contributed by atoms with E-state index in [2.05, 4.69) is 22.1 Å². The topological polar surface area (TPSA) is 50.2 Å². The molecule has 0 bridgehead atoms. The summed E-state index contributed by atoms with van der Waals surface area (Å²) in [6, 6.07) is 0.416. The smallest absolute Gasteiger partial charge is 0.293 e. The Bertz CT molecular complexity index is 503. The summed E-state index contributed by atoms with van der Waals surface area (Å²) in [6.07, 6.45) is 8.34. The molecule has 0 radical (unpaired) electrons. The molecule has 2 fully saturated rings. The van der Waals surface area contributed by atoms with E-state index in [1.165, 1.54) is 12.8 Å². The molecule has 1 N–H and O–H groups in total. The number of anilines is 1. The molecule has 1 saturated heterocycles. The number of rotatable bonds is 5. The normalized spacial score (nSPS) is 22.8. The Hall–Kier alpha value is -1.36. The molecule has 110 valence electrons. The van der Waals surface area contributed by atoms with Crippen LogP contribution in [0.1, 0.15) is 38.6 Å². The van der Waals surface area contributed by atoms with Crippen LogP contribution in [0, 0.1) is 5.92 Å². The summed E-state index contributed by atoms with van der Waals surface area (Å²) in [5, 5.41) is 3.44. The van der Waals surface area contributed by atoms with Crippen LogP contribution in [-0.2, 0) is 0 Å². The number of hydrogen-bond acceptors (Lipinski definition) is 4. The van der Waals surface area contributed by atoms with E-state index < -0.39 is 0 Å². The number of nitrogens with one attached hydrogen (secondary N) is 1. The SMILES string of the molecule is CCN(CC1CCCNC1)c1nccn(C2CC2)c1=O. The first-order chi connectivity index (χ1) is 9.79. The minimum atomic E-state index is 0.0839. The fourth-order valence-corrected chi connectivity index (χ4v) is 3.03. The van der Waals surface area contributed by atoms with E-state index in [4.69, 9.17) is 0 Å². The van der Waals surface area contributed by atoms with Gasteiger partial charge >= 0.3 is 0 Å². The average Bonchev–Trinajstić information content (AvgIpc) is 3.31. The molecule has 2 heterocycles. The van der Waals surface area contributed by atoms with Crippen molar-refractivity contribution >= 4 is 5.82 Å². The van der Waals surface area contributed by atoms with Gasteiger partial charge in [-0.15, -0.1) is 0 Å². The van der Waals surface area contributed by atoms with Gasteiger partial charge in [-0.05, 0) is 51.6 Å². The molecule has 0 amide bonds. The summed E-state index contributed by atoms with van der Waals surface area (Å²) in [7, 11) is 0. The van der Waals surface area contributed by atoms with Crippen molar-refractivity contribution in [1.29, 1.82) is 0 Å². The van der Waals surface area contributed by atoms with Gasteiger partial charge in [0.25, 0.3) is 5.56 Å². The van der Waals surface area contributed by atoms with Gasteiger partial charge in [0.1, 0.15) is 0 Å². The Morgan fingerprint density at radius 2 is 2.30 bits per heavy atom. The Morgan fingerprint density at radius 1 is 1.45 bits per heavy atom. The largest absolute Gasteiger partial charge is 0.352 e. The monoisotopic (exact) mass is 276 g/mol. The first-order valence-electron chi connectivity index (χ1n) is 7.82. The predicted octanol–water partition coefficient (Wildman–Crippen LogP) is 1.40. The lowest BCUT2D eigenvalue weighted by Crippen LogP contribution is -2.41. The highest BCUT2D eigenvalue weighted by atomic mass is 16.1. The molecule has 1 aliphatic carbocycles. The Morgan fingerprint density at radius 3 is 2.95 bits per heavy atom. The van der Waals surface area contributed by atoms with Crippen LogP contribution in [0.25, 0.3) is 0 Å². The first kappa shape index (κ1) is 13.6. The van der Waals surface area contributed by atoms with E-state index in [1.807, 2.05) is 10.8 Å². The molecule has 0 aromatic carbocycles. The molecule has 5 heteroatoms. The van der Waals surface area contributed by atoms with Crippen molar-refractivity contribution in [3.8, 4) is 0 Å². The second-order valence-electron chi connectivity index (χ2n) is 5.95.